The molecule has 1 atom stereocenters. The van der Waals surface area contributed by atoms with Gasteiger partial charge in [0.25, 0.3) is 0 Å². The SMILES string of the molecule is CCc1cc(-c2c3ccccc3cc3sc(C)c(C)c23)cc(CC)c1O[C@H](Cc1ccccc1)C(=O)O. The zero-order valence-electron chi connectivity index (χ0n) is 21.8. The van der Waals surface area contributed by atoms with E-state index in [1.807, 2.05) is 41.7 Å². The number of rotatable bonds is 8. The average molecular weight is 509 g/mol. The molecule has 1 aromatic heterocycles. The topological polar surface area (TPSA) is 46.5 Å². The van der Waals surface area contributed by atoms with Crippen LogP contribution in [-0.4, -0.2) is 17.2 Å². The first kappa shape index (κ1) is 25.0. The van der Waals surface area contributed by atoms with Gasteiger partial charge in [-0.1, -0.05) is 68.4 Å². The summed E-state index contributed by atoms with van der Waals surface area (Å²) in [5.41, 5.74) is 6.78. The predicted octanol–water partition coefficient (Wildman–Crippen LogP) is 8.54. The number of carbonyl (C=O) groups is 1. The second-order valence-electron chi connectivity index (χ2n) is 9.59. The third-order valence-electron chi connectivity index (χ3n) is 7.27. The molecule has 1 N–H and O–H groups in total. The molecule has 0 aliphatic heterocycles. The van der Waals surface area contributed by atoms with Gasteiger partial charge in [0.1, 0.15) is 5.75 Å². The Morgan fingerprint density at radius 2 is 1.57 bits per heavy atom. The fourth-order valence-corrected chi connectivity index (χ4v) is 6.35. The van der Waals surface area contributed by atoms with Crippen LogP contribution in [0.25, 0.3) is 32.0 Å². The molecule has 0 aliphatic rings. The van der Waals surface area contributed by atoms with E-state index >= 15 is 0 Å². The molecule has 0 unspecified atom stereocenters. The van der Waals surface area contributed by atoms with Crippen LogP contribution in [0.5, 0.6) is 5.75 Å². The molecule has 5 aromatic rings. The summed E-state index contributed by atoms with van der Waals surface area (Å²) in [5, 5.41) is 13.8. The molecule has 0 fully saturated rings. The maximum absolute atomic E-state index is 12.2. The summed E-state index contributed by atoms with van der Waals surface area (Å²) in [4.78, 5) is 13.5. The van der Waals surface area contributed by atoms with Crippen LogP contribution in [0.15, 0.2) is 72.8 Å². The van der Waals surface area contributed by atoms with Gasteiger partial charge in [-0.25, -0.2) is 4.79 Å². The number of ether oxygens (including phenoxy) is 1. The summed E-state index contributed by atoms with van der Waals surface area (Å²) in [6.07, 6.45) is 0.879. The van der Waals surface area contributed by atoms with Gasteiger partial charge in [-0.3, -0.25) is 0 Å². The number of aryl methyl sites for hydroxylation is 4. The van der Waals surface area contributed by atoms with Crippen LogP contribution in [0.4, 0.5) is 0 Å². The second kappa shape index (κ2) is 10.4. The van der Waals surface area contributed by atoms with Crippen molar-refractivity contribution < 1.29 is 14.6 Å². The summed E-state index contributed by atoms with van der Waals surface area (Å²) < 4.78 is 7.62. The van der Waals surface area contributed by atoms with Crippen molar-refractivity contribution in [2.45, 2.75) is 53.1 Å². The highest BCUT2D eigenvalue weighted by Crippen LogP contribution is 2.44. The molecule has 188 valence electrons. The van der Waals surface area contributed by atoms with Crippen LogP contribution in [-0.2, 0) is 24.1 Å². The van der Waals surface area contributed by atoms with Crippen LogP contribution < -0.4 is 4.74 Å². The summed E-state index contributed by atoms with van der Waals surface area (Å²) in [6, 6.07) is 25.0. The van der Waals surface area contributed by atoms with E-state index in [1.165, 1.54) is 42.4 Å². The molecule has 0 bridgehead atoms. The number of benzene rings is 4. The molecule has 0 spiro atoms. The number of carboxylic acid groups (broad SMARTS) is 1. The lowest BCUT2D eigenvalue weighted by Crippen LogP contribution is -2.30. The van der Waals surface area contributed by atoms with E-state index in [0.29, 0.717) is 12.2 Å². The van der Waals surface area contributed by atoms with Gasteiger partial charge in [0.05, 0.1) is 0 Å². The smallest absolute Gasteiger partial charge is 0.345 e. The van der Waals surface area contributed by atoms with Crippen molar-refractivity contribution in [1.29, 1.82) is 0 Å². The van der Waals surface area contributed by atoms with E-state index in [0.717, 1.165) is 29.5 Å². The lowest BCUT2D eigenvalue weighted by Gasteiger charge is -2.22. The Kier molecular flexibility index (Phi) is 7.03. The maximum atomic E-state index is 12.2. The lowest BCUT2D eigenvalue weighted by molar-refractivity contribution is -0.145. The minimum Gasteiger partial charge on any atom is -0.478 e. The van der Waals surface area contributed by atoms with Crippen molar-refractivity contribution in [2.75, 3.05) is 0 Å². The standard InChI is InChI=1S/C33H32O3S/c1-5-23-17-26(31-27-15-11-10-14-25(27)19-29-30(31)20(3)21(4)37-29)18-24(6-2)32(23)36-28(33(34)35)16-22-12-8-7-9-13-22/h7-15,17-19,28H,5-6,16H2,1-4H3,(H,34,35)/t28-/m1/s1. The molecule has 0 saturated carbocycles. The van der Waals surface area contributed by atoms with Crippen molar-refractivity contribution in [3.63, 3.8) is 0 Å². The number of carboxylic acids is 1. The van der Waals surface area contributed by atoms with Gasteiger partial charge in [-0.2, -0.15) is 0 Å². The zero-order chi connectivity index (χ0) is 26.1. The van der Waals surface area contributed by atoms with E-state index in [-0.39, 0.29) is 0 Å². The molecule has 4 heteroatoms. The molecule has 5 rings (SSSR count). The quantitative estimate of drug-likeness (QED) is 0.228. The summed E-state index contributed by atoms with van der Waals surface area (Å²) >= 11 is 1.85. The highest BCUT2D eigenvalue weighted by molar-refractivity contribution is 7.19. The molecule has 0 aliphatic carbocycles. The number of hydrogen-bond donors (Lipinski definition) is 1. The second-order valence-corrected chi connectivity index (χ2v) is 10.9. The summed E-state index contributed by atoms with van der Waals surface area (Å²) in [5.74, 6) is -0.232. The zero-order valence-corrected chi connectivity index (χ0v) is 22.6. The molecular formula is C33H32O3S. The first-order valence-corrected chi connectivity index (χ1v) is 13.7. The molecule has 4 aromatic carbocycles. The molecule has 0 saturated heterocycles. The Morgan fingerprint density at radius 1 is 0.919 bits per heavy atom. The minimum absolute atomic E-state index is 0.321. The molecule has 37 heavy (non-hydrogen) atoms. The Labute approximate surface area is 222 Å². The van der Waals surface area contributed by atoms with Crippen molar-refractivity contribution >= 4 is 38.2 Å². The van der Waals surface area contributed by atoms with Crippen LogP contribution in [0, 0.1) is 13.8 Å². The van der Waals surface area contributed by atoms with Gasteiger partial charge in [0, 0.05) is 21.4 Å². The third-order valence-corrected chi connectivity index (χ3v) is 8.43. The van der Waals surface area contributed by atoms with E-state index in [9.17, 15) is 9.90 Å². The first-order valence-electron chi connectivity index (χ1n) is 12.9. The summed E-state index contributed by atoms with van der Waals surface area (Å²) in [7, 11) is 0. The molecule has 0 amide bonds. The lowest BCUT2D eigenvalue weighted by atomic mass is 9.89. The number of thiophene rings is 1. The highest BCUT2D eigenvalue weighted by atomic mass is 32.1. The van der Waals surface area contributed by atoms with Gasteiger partial charge in [-0.05, 0) is 89.0 Å². The highest BCUT2D eigenvalue weighted by Gasteiger charge is 2.24. The first-order chi connectivity index (χ1) is 17.9. The summed E-state index contributed by atoms with van der Waals surface area (Å²) in [6.45, 7) is 8.62. The van der Waals surface area contributed by atoms with E-state index < -0.39 is 12.1 Å². The van der Waals surface area contributed by atoms with Crippen molar-refractivity contribution in [1.82, 2.24) is 0 Å². The van der Waals surface area contributed by atoms with Crippen LogP contribution in [0.2, 0.25) is 0 Å². The number of aliphatic carboxylic acids is 1. The number of hydrogen-bond acceptors (Lipinski definition) is 3. The Morgan fingerprint density at radius 3 is 2.22 bits per heavy atom. The monoisotopic (exact) mass is 508 g/mol. The van der Waals surface area contributed by atoms with Crippen molar-refractivity contribution in [3.8, 4) is 16.9 Å². The third kappa shape index (κ3) is 4.74. The van der Waals surface area contributed by atoms with Crippen LogP contribution in [0.3, 0.4) is 0 Å². The largest absolute Gasteiger partial charge is 0.478 e. The van der Waals surface area contributed by atoms with Gasteiger partial charge < -0.3 is 9.84 Å². The minimum atomic E-state index is -0.949. The molecule has 1 heterocycles. The fraction of sp³-hybridized carbons (Fsp3) is 0.242. The van der Waals surface area contributed by atoms with E-state index in [2.05, 4.69) is 70.2 Å². The molecule has 0 radical (unpaired) electrons. The number of fused-ring (bicyclic) bond motifs is 2. The molecular weight excluding hydrogens is 476 g/mol. The average Bonchev–Trinajstić information content (AvgIpc) is 3.19. The Bertz CT molecular complexity index is 1570. The Hall–Kier alpha value is -3.63. The van der Waals surface area contributed by atoms with Gasteiger partial charge in [0.2, 0.25) is 0 Å². The van der Waals surface area contributed by atoms with Crippen LogP contribution in [0.1, 0.15) is 41.0 Å². The molecule has 3 nitrogen and oxygen atoms in total. The van der Waals surface area contributed by atoms with Gasteiger partial charge in [-0.15, -0.1) is 11.3 Å². The van der Waals surface area contributed by atoms with E-state index in [1.54, 1.807) is 0 Å². The normalized spacial score (nSPS) is 12.2. The van der Waals surface area contributed by atoms with Gasteiger partial charge in [0.15, 0.2) is 6.10 Å². The fourth-order valence-electron chi connectivity index (χ4n) is 5.22. The van der Waals surface area contributed by atoms with Crippen molar-refractivity contribution in [3.05, 3.63) is 99.9 Å². The van der Waals surface area contributed by atoms with Crippen LogP contribution >= 0.6 is 11.3 Å². The maximum Gasteiger partial charge on any atom is 0.345 e. The van der Waals surface area contributed by atoms with E-state index in [4.69, 9.17) is 4.74 Å². The van der Waals surface area contributed by atoms with Gasteiger partial charge >= 0.3 is 5.97 Å². The Balaban J connectivity index is 1.67. The van der Waals surface area contributed by atoms with Crippen molar-refractivity contribution in [2.24, 2.45) is 0 Å². The predicted molar refractivity (Wildman–Crippen MR) is 155 cm³/mol.